The van der Waals surface area contributed by atoms with E-state index in [2.05, 4.69) is 132 Å². The van der Waals surface area contributed by atoms with Gasteiger partial charge in [-0.25, -0.2) is 9.97 Å². The Morgan fingerprint density at radius 2 is 0.848 bits per heavy atom. The molecular formula is C39H26N6Pt. The van der Waals surface area contributed by atoms with E-state index in [0.717, 1.165) is 89.4 Å². The van der Waals surface area contributed by atoms with Gasteiger partial charge in [0.25, 0.3) is 0 Å². The molecule has 0 atom stereocenters. The minimum atomic E-state index is -0.520. The van der Waals surface area contributed by atoms with Crippen LogP contribution in [0.4, 0.5) is 0 Å². The van der Waals surface area contributed by atoms with Crippen LogP contribution in [0.2, 0.25) is 0 Å². The Morgan fingerprint density at radius 3 is 1.26 bits per heavy atom. The maximum atomic E-state index is 5.48. The van der Waals surface area contributed by atoms with Gasteiger partial charge in [-0.1, -0.05) is 110 Å². The van der Waals surface area contributed by atoms with Crippen LogP contribution < -0.4 is 9.97 Å². The van der Waals surface area contributed by atoms with Crippen LogP contribution in [0.5, 0.6) is 0 Å². The molecule has 0 amide bonds. The molecule has 9 aromatic rings. The molecule has 222 valence electrons. The quantitative estimate of drug-likeness (QED) is 0.177. The monoisotopic (exact) mass is 773 g/mol. The van der Waals surface area contributed by atoms with Crippen LogP contribution in [0.25, 0.3) is 78.0 Å². The van der Waals surface area contributed by atoms with Gasteiger partial charge in [0.2, 0.25) is 0 Å². The number of hydrogen-bond donors (Lipinski definition) is 0. The first-order valence-electron chi connectivity index (χ1n) is 15.3. The molecule has 0 saturated carbocycles. The molecule has 1 aliphatic rings. The van der Waals surface area contributed by atoms with Gasteiger partial charge in [-0.05, 0) is 63.4 Å². The Hall–Kier alpha value is -5.19. The molecule has 1 aliphatic heterocycles. The molecule has 8 bridgehead atoms. The average Bonchev–Trinajstić information content (AvgIpc) is 3.85. The fourth-order valence-corrected chi connectivity index (χ4v) is 7.34. The van der Waals surface area contributed by atoms with Crippen molar-refractivity contribution in [3.8, 4) is 34.4 Å². The maximum absolute atomic E-state index is 5.48. The fraction of sp³-hybridized carbons (Fsp3) is 0.0769. The number of imidazole rings is 2. The third kappa shape index (κ3) is 3.50. The van der Waals surface area contributed by atoms with Crippen LogP contribution in [-0.2, 0) is 26.5 Å². The molecule has 46 heavy (non-hydrogen) atoms. The number of hydrogen-bond acceptors (Lipinski definition) is 2. The van der Waals surface area contributed by atoms with Gasteiger partial charge >= 0.3 is 21.1 Å². The molecule has 7 heteroatoms. The summed E-state index contributed by atoms with van der Waals surface area (Å²) in [6.07, 6.45) is 0. The van der Waals surface area contributed by atoms with Crippen molar-refractivity contribution >= 4 is 43.6 Å². The Labute approximate surface area is 279 Å². The van der Waals surface area contributed by atoms with E-state index in [9.17, 15) is 0 Å². The van der Waals surface area contributed by atoms with Crippen molar-refractivity contribution in [1.29, 1.82) is 0 Å². The van der Waals surface area contributed by atoms with Gasteiger partial charge in [0.15, 0.2) is 0 Å². The van der Waals surface area contributed by atoms with Crippen molar-refractivity contribution in [2.24, 2.45) is 0 Å². The zero-order chi connectivity index (χ0) is 29.9. The number of benzene rings is 5. The third-order valence-corrected chi connectivity index (χ3v) is 9.41. The molecule has 0 spiro atoms. The second-order valence-electron chi connectivity index (χ2n) is 12.3. The van der Waals surface area contributed by atoms with E-state index in [0.29, 0.717) is 0 Å². The second-order valence-corrected chi connectivity index (χ2v) is 12.3. The Kier molecular flexibility index (Phi) is 5.70. The summed E-state index contributed by atoms with van der Waals surface area (Å²) in [6.45, 7) is 4.48. The summed E-state index contributed by atoms with van der Waals surface area (Å²) in [5, 5.41) is 4.39. The minimum Gasteiger partial charge on any atom is -0.657 e. The summed E-state index contributed by atoms with van der Waals surface area (Å²) in [7, 11) is 0. The number of nitrogens with zero attached hydrogens (tertiary/aromatic N) is 6. The third-order valence-electron chi connectivity index (χ3n) is 9.41. The van der Waals surface area contributed by atoms with E-state index in [-0.39, 0.29) is 21.1 Å². The van der Waals surface area contributed by atoms with Gasteiger partial charge in [0.1, 0.15) is 22.7 Å². The normalized spacial score (nSPS) is 13.4. The largest absolute Gasteiger partial charge is 2.00 e. The standard InChI is InChI=1S/C39H26N6.Pt/c1-39(2)35-27-19-11-9-17-25(27)31(40-35)37-42-33-29(44(37)23-13-5-3-6-14-23)21-22-30-34(33)43-38(45(30)24-15-7-4-8-16-24)32-26-18-10-12-20-28(26)36(39)41-32;/h3-22H,1-2H3;/q-2;+2. The van der Waals surface area contributed by atoms with Gasteiger partial charge in [-0.15, -0.1) is 11.4 Å². The van der Waals surface area contributed by atoms with E-state index < -0.39 is 5.41 Å². The average molecular weight is 774 g/mol. The SMILES string of the molecule is CC1(C)c2[n-]c(c3ccccc23)-c2nc3c4nc(n(-c5ccccc5)c4ccc3n2-c2ccccc2)-c2[n-]c1c1ccccc21.[Pt+2]. The first kappa shape index (κ1) is 27.1. The summed E-state index contributed by atoms with van der Waals surface area (Å²) >= 11 is 0. The van der Waals surface area contributed by atoms with Crippen molar-refractivity contribution in [2.45, 2.75) is 19.3 Å². The summed E-state index contributed by atoms with van der Waals surface area (Å²) in [5.74, 6) is 1.61. The van der Waals surface area contributed by atoms with Gasteiger partial charge in [-0.3, -0.25) is 9.13 Å². The van der Waals surface area contributed by atoms with Crippen molar-refractivity contribution in [1.82, 2.24) is 29.1 Å². The number of rotatable bonds is 2. The van der Waals surface area contributed by atoms with Crippen LogP contribution in [0, 0.1) is 0 Å². The van der Waals surface area contributed by atoms with Crippen LogP contribution >= 0.6 is 0 Å². The van der Waals surface area contributed by atoms with Gasteiger partial charge in [0.05, 0.1) is 11.0 Å². The predicted molar refractivity (Wildman–Crippen MR) is 180 cm³/mol. The molecule has 5 heterocycles. The summed E-state index contributed by atoms with van der Waals surface area (Å²) in [6, 6.07) is 42.3. The molecule has 5 aromatic carbocycles. The van der Waals surface area contributed by atoms with Gasteiger partial charge in [0, 0.05) is 11.4 Å². The van der Waals surface area contributed by atoms with E-state index in [4.69, 9.17) is 19.9 Å². The molecule has 0 N–H and O–H groups in total. The molecule has 10 rings (SSSR count). The van der Waals surface area contributed by atoms with Crippen LogP contribution in [0.3, 0.4) is 0 Å². The van der Waals surface area contributed by atoms with E-state index >= 15 is 0 Å². The zero-order valence-corrected chi connectivity index (χ0v) is 27.3. The first-order chi connectivity index (χ1) is 22.1. The molecular weight excluding hydrogens is 748 g/mol. The molecule has 0 unspecified atom stereocenters. The van der Waals surface area contributed by atoms with Gasteiger partial charge < -0.3 is 9.97 Å². The Bertz CT molecular complexity index is 2440. The predicted octanol–water partition coefficient (Wildman–Crippen LogP) is 8.56. The molecule has 0 saturated heterocycles. The maximum Gasteiger partial charge on any atom is 2.00 e. The molecule has 0 aliphatic carbocycles. The van der Waals surface area contributed by atoms with Gasteiger partial charge in [-0.2, -0.15) is 0 Å². The van der Waals surface area contributed by atoms with Crippen LogP contribution in [-0.4, -0.2) is 19.1 Å². The van der Waals surface area contributed by atoms with E-state index in [1.807, 2.05) is 12.1 Å². The fourth-order valence-electron chi connectivity index (χ4n) is 7.34. The van der Waals surface area contributed by atoms with Crippen molar-refractivity contribution in [3.05, 3.63) is 133 Å². The molecule has 0 radical (unpaired) electrons. The Morgan fingerprint density at radius 1 is 0.478 bits per heavy atom. The summed E-state index contributed by atoms with van der Waals surface area (Å²) < 4.78 is 4.47. The van der Waals surface area contributed by atoms with Crippen molar-refractivity contribution < 1.29 is 21.1 Å². The topological polar surface area (TPSA) is 63.8 Å². The molecule has 4 aromatic heterocycles. The van der Waals surface area contributed by atoms with Crippen molar-refractivity contribution in [2.75, 3.05) is 0 Å². The molecule has 6 nitrogen and oxygen atoms in total. The number of para-hydroxylation sites is 2. The van der Waals surface area contributed by atoms with E-state index in [1.54, 1.807) is 0 Å². The minimum absolute atomic E-state index is 0. The zero-order valence-electron chi connectivity index (χ0n) is 25.0. The van der Waals surface area contributed by atoms with Crippen LogP contribution in [0.1, 0.15) is 25.2 Å². The number of fused-ring (bicyclic) bond motifs is 14. The second kappa shape index (κ2) is 9.65. The smallest absolute Gasteiger partial charge is 0.657 e. The summed E-state index contributed by atoms with van der Waals surface area (Å²) in [4.78, 5) is 21.8. The molecule has 0 fully saturated rings. The van der Waals surface area contributed by atoms with Crippen LogP contribution in [0.15, 0.2) is 121 Å². The summed E-state index contributed by atoms with van der Waals surface area (Å²) in [5.41, 5.74) is 8.89. The first-order valence-corrected chi connectivity index (χ1v) is 15.3. The Balaban J connectivity index is 0.00000292. The van der Waals surface area contributed by atoms with E-state index in [1.165, 1.54) is 0 Å². The van der Waals surface area contributed by atoms with Crippen molar-refractivity contribution in [3.63, 3.8) is 0 Å². The number of aromatic nitrogens is 6.